The van der Waals surface area contributed by atoms with Crippen molar-refractivity contribution < 1.29 is 19.1 Å². The molecule has 0 fully saturated rings. The maximum atomic E-state index is 11.9. The Hall–Kier alpha value is -1.08. The summed E-state index contributed by atoms with van der Waals surface area (Å²) >= 11 is 1.06. The molecular formula is C12H22N2O4S. The average molecular weight is 290 g/mol. The van der Waals surface area contributed by atoms with E-state index >= 15 is 0 Å². The highest BCUT2D eigenvalue weighted by Crippen LogP contribution is 2.15. The number of nitrogens with two attached hydrogens (primary N) is 1. The third-order valence-corrected chi connectivity index (χ3v) is 2.78. The molecule has 0 aromatic carbocycles. The number of amides is 2. The van der Waals surface area contributed by atoms with Gasteiger partial charge in [0.25, 0.3) is 0 Å². The summed E-state index contributed by atoms with van der Waals surface area (Å²) in [6.07, 6.45) is -0.737. The summed E-state index contributed by atoms with van der Waals surface area (Å²) in [6, 6.07) is 0. The Morgan fingerprint density at radius 3 is 2.21 bits per heavy atom. The molecule has 0 radical (unpaired) electrons. The third kappa shape index (κ3) is 7.84. The largest absolute Gasteiger partial charge is 0.443 e. The van der Waals surface area contributed by atoms with Crippen LogP contribution in [0.5, 0.6) is 0 Å². The van der Waals surface area contributed by atoms with Gasteiger partial charge in [0.05, 0.1) is 6.54 Å². The lowest BCUT2D eigenvalue weighted by Gasteiger charge is -2.27. The quantitative estimate of drug-likeness (QED) is 0.841. The molecule has 0 spiro atoms. The van der Waals surface area contributed by atoms with Crippen molar-refractivity contribution in [1.82, 2.24) is 4.90 Å². The van der Waals surface area contributed by atoms with E-state index in [9.17, 15) is 14.4 Å². The van der Waals surface area contributed by atoms with Gasteiger partial charge in [0.1, 0.15) is 5.60 Å². The van der Waals surface area contributed by atoms with Crippen LogP contribution >= 0.6 is 11.8 Å². The van der Waals surface area contributed by atoms with Crippen LogP contribution in [0.3, 0.4) is 0 Å². The number of ether oxygens (including phenoxy) is 1. The molecule has 0 aromatic rings. The van der Waals surface area contributed by atoms with E-state index in [2.05, 4.69) is 0 Å². The topological polar surface area (TPSA) is 89.7 Å². The molecule has 0 aliphatic heterocycles. The maximum absolute atomic E-state index is 11.9. The summed E-state index contributed by atoms with van der Waals surface area (Å²) in [5.41, 5.74) is 4.59. The van der Waals surface area contributed by atoms with Crippen LogP contribution in [0.15, 0.2) is 0 Å². The van der Waals surface area contributed by atoms with Gasteiger partial charge in [0, 0.05) is 18.7 Å². The Bertz CT molecular complexity index is 352. The molecule has 19 heavy (non-hydrogen) atoms. The standard InChI is InChI=1S/C12H22N2O4S/c1-8(19-9(2)15)7-14(10(16)6-13)11(17)18-12(3,4)5/h8H,6-7,13H2,1-5H3. The van der Waals surface area contributed by atoms with Gasteiger partial charge in [-0.25, -0.2) is 9.69 Å². The Labute approximate surface area is 118 Å². The van der Waals surface area contributed by atoms with Crippen molar-refractivity contribution in [3.8, 4) is 0 Å². The summed E-state index contributed by atoms with van der Waals surface area (Å²) in [7, 11) is 0. The second-order valence-electron chi connectivity index (χ2n) is 5.11. The average Bonchev–Trinajstić information content (AvgIpc) is 2.21. The fourth-order valence-corrected chi connectivity index (χ4v) is 2.07. The minimum atomic E-state index is -0.737. The molecule has 0 aliphatic rings. The van der Waals surface area contributed by atoms with Gasteiger partial charge in [0.15, 0.2) is 5.12 Å². The summed E-state index contributed by atoms with van der Waals surface area (Å²) in [5, 5.41) is -0.280. The Morgan fingerprint density at radius 1 is 1.32 bits per heavy atom. The molecule has 1 unspecified atom stereocenters. The molecule has 0 aromatic heterocycles. The van der Waals surface area contributed by atoms with E-state index in [-0.39, 0.29) is 23.5 Å². The van der Waals surface area contributed by atoms with E-state index in [1.165, 1.54) is 6.92 Å². The number of thioether (sulfide) groups is 1. The number of hydrogen-bond donors (Lipinski definition) is 1. The SMILES string of the molecule is CC(=O)SC(C)CN(C(=O)CN)C(=O)OC(C)(C)C. The molecule has 7 heteroatoms. The second-order valence-corrected chi connectivity index (χ2v) is 6.72. The zero-order chi connectivity index (χ0) is 15.2. The zero-order valence-corrected chi connectivity index (χ0v) is 12.9. The normalized spacial score (nSPS) is 12.7. The first kappa shape index (κ1) is 17.9. The lowest BCUT2D eigenvalue weighted by atomic mass is 10.2. The van der Waals surface area contributed by atoms with E-state index in [1.807, 2.05) is 0 Å². The van der Waals surface area contributed by atoms with E-state index in [4.69, 9.17) is 10.5 Å². The van der Waals surface area contributed by atoms with Crippen molar-refractivity contribution in [1.29, 1.82) is 0 Å². The monoisotopic (exact) mass is 290 g/mol. The van der Waals surface area contributed by atoms with Crippen molar-refractivity contribution in [2.45, 2.75) is 45.5 Å². The van der Waals surface area contributed by atoms with E-state index in [0.29, 0.717) is 0 Å². The number of hydrogen-bond acceptors (Lipinski definition) is 6. The number of carbonyl (C=O) groups is 3. The molecule has 0 rings (SSSR count). The number of imide groups is 1. The van der Waals surface area contributed by atoms with E-state index < -0.39 is 17.6 Å². The van der Waals surface area contributed by atoms with Crippen molar-refractivity contribution in [2.24, 2.45) is 5.73 Å². The third-order valence-electron chi connectivity index (χ3n) is 1.90. The molecule has 0 saturated heterocycles. The fourth-order valence-electron chi connectivity index (χ4n) is 1.28. The van der Waals surface area contributed by atoms with Gasteiger partial charge in [-0.05, 0) is 20.8 Å². The Morgan fingerprint density at radius 2 is 1.84 bits per heavy atom. The second kappa shape index (κ2) is 7.49. The molecule has 2 amide bonds. The minimum absolute atomic E-state index is 0.0724. The molecule has 6 nitrogen and oxygen atoms in total. The van der Waals surface area contributed by atoms with Crippen LogP contribution in [0.2, 0.25) is 0 Å². The van der Waals surface area contributed by atoms with Crippen molar-refractivity contribution in [3.05, 3.63) is 0 Å². The van der Waals surface area contributed by atoms with Gasteiger partial charge < -0.3 is 10.5 Å². The van der Waals surface area contributed by atoms with Crippen LogP contribution in [0.1, 0.15) is 34.6 Å². The maximum Gasteiger partial charge on any atom is 0.417 e. The molecule has 2 N–H and O–H groups in total. The smallest absolute Gasteiger partial charge is 0.417 e. The Balaban J connectivity index is 4.77. The van der Waals surface area contributed by atoms with Crippen LogP contribution < -0.4 is 5.73 Å². The van der Waals surface area contributed by atoms with E-state index in [1.54, 1.807) is 27.7 Å². The van der Waals surface area contributed by atoms with Crippen molar-refractivity contribution in [3.63, 3.8) is 0 Å². The summed E-state index contributed by atoms with van der Waals surface area (Å²) < 4.78 is 5.15. The first-order chi connectivity index (χ1) is 8.56. The minimum Gasteiger partial charge on any atom is -0.443 e. The van der Waals surface area contributed by atoms with E-state index in [0.717, 1.165) is 16.7 Å². The molecule has 0 aliphatic carbocycles. The lowest BCUT2D eigenvalue weighted by molar-refractivity contribution is -0.128. The van der Waals surface area contributed by atoms with Crippen molar-refractivity contribution in [2.75, 3.05) is 13.1 Å². The molecule has 1 atom stereocenters. The van der Waals surface area contributed by atoms with Crippen LogP contribution in [-0.2, 0) is 14.3 Å². The van der Waals surface area contributed by atoms with Gasteiger partial charge in [-0.2, -0.15) is 0 Å². The van der Waals surface area contributed by atoms with Gasteiger partial charge in [-0.3, -0.25) is 9.59 Å². The Kier molecular flexibility index (Phi) is 7.07. The highest BCUT2D eigenvalue weighted by Gasteiger charge is 2.28. The van der Waals surface area contributed by atoms with Gasteiger partial charge >= 0.3 is 6.09 Å². The first-order valence-electron chi connectivity index (χ1n) is 5.97. The molecule has 0 bridgehead atoms. The fraction of sp³-hybridized carbons (Fsp3) is 0.750. The highest BCUT2D eigenvalue weighted by molar-refractivity contribution is 8.14. The lowest BCUT2D eigenvalue weighted by Crippen LogP contribution is -2.46. The molecule has 110 valence electrons. The van der Waals surface area contributed by atoms with Crippen LogP contribution in [-0.4, -0.2) is 46.0 Å². The molecular weight excluding hydrogens is 268 g/mol. The van der Waals surface area contributed by atoms with Crippen molar-refractivity contribution >= 4 is 28.9 Å². The highest BCUT2D eigenvalue weighted by atomic mass is 32.2. The number of carbonyl (C=O) groups excluding carboxylic acids is 3. The summed E-state index contributed by atoms with van der Waals surface area (Å²) in [4.78, 5) is 35.5. The van der Waals surface area contributed by atoms with Crippen LogP contribution in [0.25, 0.3) is 0 Å². The van der Waals surface area contributed by atoms with Gasteiger partial charge in [0.2, 0.25) is 5.91 Å². The van der Waals surface area contributed by atoms with Gasteiger partial charge in [-0.15, -0.1) is 0 Å². The first-order valence-corrected chi connectivity index (χ1v) is 6.85. The van der Waals surface area contributed by atoms with Crippen LogP contribution in [0, 0.1) is 0 Å². The molecule has 0 heterocycles. The molecule has 0 saturated carbocycles. The number of rotatable bonds is 4. The summed E-state index contributed by atoms with van der Waals surface area (Å²) in [5.74, 6) is -0.523. The van der Waals surface area contributed by atoms with Crippen LogP contribution in [0.4, 0.5) is 4.79 Å². The summed E-state index contributed by atoms with van der Waals surface area (Å²) in [6.45, 7) is 8.14. The zero-order valence-electron chi connectivity index (χ0n) is 12.1. The predicted molar refractivity (Wildman–Crippen MR) is 74.7 cm³/mol. The van der Waals surface area contributed by atoms with Gasteiger partial charge in [-0.1, -0.05) is 18.7 Å². The number of nitrogens with zero attached hydrogens (tertiary/aromatic N) is 1. The predicted octanol–water partition coefficient (Wildman–Crippen LogP) is 1.38.